The average molecular weight is 1730 g/mol. The number of carbonyl (C=O) groups excluding carboxylic acids is 15. The van der Waals surface area contributed by atoms with Gasteiger partial charge in [0.15, 0.2) is 54.7 Å². The van der Waals surface area contributed by atoms with E-state index in [0.717, 1.165) is 40.2 Å². The summed E-state index contributed by atoms with van der Waals surface area (Å²) in [6.45, 7) is 20.6. The van der Waals surface area contributed by atoms with Gasteiger partial charge < -0.3 is 61.9 Å². The standard InChI is InChI=1S/C21H21NO5.2C18H17NO5.2C15H13NO5.C6H10O3/c1-3-8-16(13-23)19-21(11-4-2,22-17(24)12-18(22)27-19)20(25)26-14-15-9-6-5-7-10-15;1-2-9-18(17(22)23-12-13-6-4-3-5-7-13)14(8-10-20)24-16-11-15(21)19(16)18;1-2-6-13(10-20)17-16(19-14(21)9-15(19)24-17)18(22)23-11-12-7-4-3-5-8-12;2*17-7-6-11-14(16-12(18)8-13(16)21-11)15(19)20-9-10-4-2-1-3-5-10;1-3-5-9-6(7)8-4-2/h3-7,9-10,13,18H,1-2,8,11-12,14H2;2-8,10,16H,1,9,11-12H2;2-5,7-8,10,15-16H,1,6,9,11H2;1-7,13,17H,8-9H2;1-7,13-14H,8-9H2;3H,1,4-5H2,2H3/t18-,21?;16-,18?;15-,16?;13-;13-,14?;/m11111./s1. The second-order valence-electron chi connectivity index (χ2n) is 28.3. The molecule has 1 N–H and O–H groups in total. The van der Waals surface area contributed by atoms with Crippen LogP contribution in [0.15, 0.2) is 285 Å². The highest BCUT2D eigenvalue weighted by Gasteiger charge is 2.67. The minimum Gasteiger partial charge on any atom is -0.515 e. The van der Waals surface area contributed by atoms with Crippen molar-refractivity contribution in [1.82, 2.24) is 24.5 Å². The molecule has 5 amide bonds. The van der Waals surface area contributed by atoms with Crippen LogP contribution in [0.2, 0.25) is 0 Å². The van der Waals surface area contributed by atoms with E-state index < -0.39 is 90.3 Å². The fraction of sp³-hybridized carbons (Fsp3) is 0.280. The van der Waals surface area contributed by atoms with Crippen molar-refractivity contribution in [1.29, 1.82) is 0 Å². The van der Waals surface area contributed by atoms with Crippen LogP contribution >= 0.6 is 0 Å². The fourth-order valence-electron chi connectivity index (χ4n) is 14.3. The van der Waals surface area contributed by atoms with E-state index in [9.17, 15) is 71.9 Å². The number of β-lactam (4-membered cyclic amide) rings is 5. The quantitative estimate of drug-likeness (QED) is 0.00819. The van der Waals surface area contributed by atoms with E-state index in [1.807, 2.05) is 152 Å². The first kappa shape index (κ1) is 93.0. The minimum absolute atomic E-state index is 0.0393. The Labute approximate surface area is 723 Å². The molecule has 9 saturated heterocycles. The van der Waals surface area contributed by atoms with Gasteiger partial charge in [0.1, 0.15) is 87.8 Å². The van der Waals surface area contributed by atoms with Gasteiger partial charge in [-0.1, -0.05) is 189 Å². The number of rotatable bonds is 31. The Kier molecular flexibility index (Phi) is 32.8. The van der Waals surface area contributed by atoms with Crippen molar-refractivity contribution in [3.63, 3.8) is 0 Å². The summed E-state index contributed by atoms with van der Waals surface area (Å²) >= 11 is 0. The van der Waals surface area contributed by atoms with E-state index >= 15 is 0 Å². The summed E-state index contributed by atoms with van der Waals surface area (Å²) in [5.74, 6) is -3.34. The van der Waals surface area contributed by atoms with Crippen LogP contribution in [0.1, 0.15) is 92.5 Å². The van der Waals surface area contributed by atoms with Crippen molar-refractivity contribution < 1.29 is 134 Å². The molecule has 0 aromatic heterocycles. The number of hydrogen-bond acceptors (Lipinski definition) is 28. The zero-order chi connectivity index (χ0) is 90.5. The summed E-state index contributed by atoms with van der Waals surface area (Å²) in [5.41, 5.74) is 1.82. The van der Waals surface area contributed by atoms with Gasteiger partial charge in [-0.25, -0.2) is 28.8 Å². The van der Waals surface area contributed by atoms with Gasteiger partial charge in [0.25, 0.3) is 0 Å². The normalized spacial score (nSPS) is 23.0. The van der Waals surface area contributed by atoms with E-state index in [2.05, 4.69) is 42.4 Å². The maximum Gasteiger partial charge on any atom is 0.508 e. The molecule has 5 aromatic carbocycles. The molecule has 0 aliphatic carbocycles. The van der Waals surface area contributed by atoms with E-state index in [4.69, 9.17) is 52.5 Å². The lowest BCUT2D eigenvalue weighted by atomic mass is 9.86. The second-order valence-corrected chi connectivity index (χ2v) is 28.3. The monoisotopic (exact) mass is 1730 g/mol. The zero-order valence-corrected chi connectivity index (χ0v) is 68.5. The lowest BCUT2D eigenvalue weighted by Crippen LogP contribution is -2.63. The topological polar surface area (TPSA) is 403 Å². The van der Waals surface area contributed by atoms with Gasteiger partial charge in [0, 0.05) is 42.2 Å². The van der Waals surface area contributed by atoms with E-state index in [1.54, 1.807) is 19.1 Å². The number of amides is 5. The number of benzene rings is 5. The molecule has 0 spiro atoms. The van der Waals surface area contributed by atoms with Crippen molar-refractivity contribution in [3.8, 4) is 0 Å². The number of aliphatic hydroxyl groups is 1. The maximum atomic E-state index is 13.2. The van der Waals surface area contributed by atoms with Crippen LogP contribution in [-0.4, -0.2) is 188 Å². The molecule has 0 saturated carbocycles. The number of aliphatic hydroxyl groups excluding tert-OH is 1. The Morgan fingerprint density at radius 2 is 0.873 bits per heavy atom. The molecule has 5 aromatic rings. The number of aldehydes is 4. The zero-order valence-electron chi connectivity index (χ0n) is 68.5. The Balaban J connectivity index is 0.000000161. The summed E-state index contributed by atoms with van der Waals surface area (Å²) in [5, 5.41) is 8.84. The Bertz CT molecular complexity index is 5140. The second kappa shape index (κ2) is 44.5. The van der Waals surface area contributed by atoms with Crippen molar-refractivity contribution in [2.45, 2.75) is 152 Å². The highest BCUT2D eigenvalue weighted by atomic mass is 16.7. The van der Waals surface area contributed by atoms with E-state index in [-0.39, 0.29) is 167 Å². The smallest absolute Gasteiger partial charge is 0.508 e. The van der Waals surface area contributed by atoms with E-state index in [1.165, 1.54) is 54.9 Å². The molecule has 10 aliphatic rings. The molecule has 10 heterocycles. The number of esters is 5. The number of allylic oxidation sites excluding steroid dienone is 7. The molecule has 10 aliphatic heterocycles. The molecule has 656 valence electrons. The van der Waals surface area contributed by atoms with Crippen molar-refractivity contribution in [3.05, 3.63) is 313 Å². The Hall–Kier alpha value is -15.3. The highest BCUT2D eigenvalue weighted by molar-refractivity contribution is 6.00. The van der Waals surface area contributed by atoms with Crippen molar-refractivity contribution in [2.24, 2.45) is 0 Å². The molecule has 33 nitrogen and oxygen atoms in total. The van der Waals surface area contributed by atoms with Crippen LogP contribution in [0, 0.1) is 0 Å². The third kappa shape index (κ3) is 21.2. The summed E-state index contributed by atoms with van der Waals surface area (Å²) in [7, 11) is 0. The lowest BCUT2D eigenvalue weighted by Gasteiger charge is -2.41. The van der Waals surface area contributed by atoms with Gasteiger partial charge in [0.05, 0.1) is 45.0 Å². The number of ether oxygens (including phenoxy) is 12. The molecule has 0 bridgehead atoms. The number of hydrogen-bond donors (Lipinski definition) is 1. The van der Waals surface area contributed by atoms with E-state index in [0.29, 0.717) is 37.3 Å². The lowest BCUT2D eigenvalue weighted by molar-refractivity contribution is -0.174. The first-order chi connectivity index (χ1) is 61.1. The molecule has 33 heteroatoms. The number of fused-ring (bicyclic) bond motifs is 5. The van der Waals surface area contributed by atoms with Crippen LogP contribution in [0.5, 0.6) is 0 Å². The van der Waals surface area contributed by atoms with Gasteiger partial charge >= 0.3 is 36.0 Å². The number of nitrogens with zero attached hydrogens (tertiary/aromatic N) is 5. The molecule has 9 atom stereocenters. The van der Waals surface area contributed by atoms with Gasteiger partial charge in [-0.15, -0.1) is 26.3 Å². The van der Waals surface area contributed by atoms with Gasteiger partial charge in [-0.3, -0.25) is 67.7 Å². The highest BCUT2D eigenvalue weighted by Crippen LogP contribution is 2.50. The van der Waals surface area contributed by atoms with Crippen LogP contribution in [-0.2, 0) is 157 Å². The third-order valence-electron chi connectivity index (χ3n) is 20.2. The molecule has 15 rings (SSSR count). The van der Waals surface area contributed by atoms with Crippen LogP contribution < -0.4 is 0 Å². The minimum atomic E-state index is -1.50. The largest absolute Gasteiger partial charge is 0.515 e. The summed E-state index contributed by atoms with van der Waals surface area (Å²) < 4.78 is 63.4. The molecular formula is C93H91N5O28. The molecular weight excluding hydrogens is 1640 g/mol. The summed E-state index contributed by atoms with van der Waals surface area (Å²) in [6, 6.07) is 44.1. The first-order valence-corrected chi connectivity index (χ1v) is 39.6. The third-order valence-corrected chi connectivity index (χ3v) is 20.2. The molecule has 4 unspecified atom stereocenters. The summed E-state index contributed by atoms with van der Waals surface area (Å²) in [6.07, 6.45) is 12.7. The van der Waals surface area contributed by atoms with Crippen molar-refractivity contribution in [2.75, 3.05) is 13.2 Å². The molecule has 0 radical (unpaired) electrons. The summed E-state index contributed by atoms with van der Waals surface area (Å²) in [4.78, 5) is 184. The average Bonchev–Trinajstić information content (AvgIpc) is 1.55. The van der Waals surface area contributed by atoms with Gasteiger partial charge in [0.2, 0.25) is 40.6 Å². The van der Waals surface area contributed by atoms with Crippen molar-refractivity contribution >= 4 is 90.7 Å². The molecule has 9 fully saturated rings. The van der Waals surface area contributed by atoms with Crippen LogP contribution in [0.3, 0.4) is 0 Å². The predicted octanol–water partition coefficient (Wildman–Crippen LogP) is 9.81. The van der Waals surface area contributed by atoms with Crippen LogP contribution in [0.25, 0.3) is 0 Å². The van der Waals surface area contributed by atoms with Gasteiger partial charge in [-0.05, 0) is 47.6 Å². The predicted molar refractivity (Wildman–Crippen MR) is 442 cm³/mol. The van der Waals surface area contributed by atoms with Gasteiger partial charge in [-0.2, -0.15) is 0 Å². The fourth-order valence-corrected chi connectivity index (χ4v) is 14.3. The first-order valence-electron chi connectivity index (χ1n) is 39.6. The molecule has 126 heavy (non-hydrogen) atoms. The number of carbonyl (C=O) groups is 15. The van der Waals surface area contributed by atoms with Crippen LogP contribution in [0.4, 0.5) is 4.79 Å². The maximum absolute atomic E-state index is 13.2. The Morgan fingerprint density at radius 3 is 1.32 bits per heavy atom. The Morgan fingerprint density at radius 1 is 0.444 bits per heavy atom. The SMILES string of the molecule is C=CCC(C=O)=C1O[C@@H]2CC(=O)N2C1(CC=C)C(=O)OCc1ccccc1.C=CCC(C=O)=C1O[C@@H]2CC(=O)N2C1C(=O)OCc1ccccc1.C=CCC1(C(=O)OCc2ccccc2)C(=CC=O)O[C@@H]2CC(=O)N21.C=CCOC(=O)OCC.O=C(OCc1ccccc1)C1=C(C=CO)O[C@@H]2CC(=O)N12.O=CC=C1O[C@@H]2CC(=O)N2C1C(=O)OCc1ccccc1.